The highest BCUT2D eigenvalue weighted by Gasteiger charge is 2.17. The number of fused-ring (bicyclic) bond motifs is 1. The number of anilines is 1. The lowest BCUT2D eigenvalue weighted by molar-refractivity contribution is 0.103. The molecule has 1 N–H and O–H groups in total. The molecule has 1 aliphatic rings. The van der Waals surface area contributed by atoms with E-state index >= 15 is 0 Å². The maximum Gasteiger partial charge on any atom is 0.265 e. The molecule has 0 atom stereocenters. The van der Waals surface area contributed by atoms with Gasteiger partial charge in [0.2, 0.25) is 0 Å². The Morgan fingerprint density at radius 3 is 3.05 bits per heavy atom. The van der Waals surface area contributed by atoms with Crippen molar-refractivity contribution in [2.45, 2.75) is 12.2 Å². The van der Waals surface area contributed by atoms with E-state index in [1.807, 2.05) is 36.0 Å². The van der Waals surface area contributed by atoms with Gasteiger partial charge in [-0.2, -0.15) is 11.8 Å². The summed E-state index contributed by atoms with van der Waals surface area (Å²) in [6, 6.07) is 9.37. The molecule has 1 aliphatic heterocycles. The maximum atomic E-state index is 12.3. The monoisotopic (exact) mass is 299 g/mol. The summed E-state index contributed by atoms with van der Waals surface area (Å²) in [5.41, 5.74) is 2.82. The molecule has 0 saturated heterocycles. The third-order valence-corrected chi connectivity index (χ3v) is 5.38. The van der Waals surface area contributed by atoms with Crippen molar-refractivity contribution in [1.29, 1.82) is 0 Å². The van der Waals surface area contributed by atoms with Crippen molar-refractivity contribution in [3.05, 3.63) is 51.2 Å². The van der Waals surface area contributed by atoms with Crippen LogP contribution in [-0.2, 0) is 12.2 Å². The van der Waals surface area contributed by atoms with Gasteiger partial charge in [-0.1, -0.05) is 12.0 Å². The second-order valence-electron chi connectivity index (χ2n) is 4.54. The number of rotatable bonds is 2. The molecule has 1 aromatic heterocycles. The number of carbonyl (C=O) groups is 1. The van der Waals surface area contributed by atoms with Gasteiger partial charge in [-0.15, -0.1) is 17.8 Å². The van der Waals surface area contributed by atoms with E-state index in [4.69, 9.17) is 6.42 Å². The van der Waals surface area contributed by atoms with Crippen LogP contribution >= 0.6 is 23.1 Å². The molecule has 100 valence electrons. The Labute approximate surface area is 126 Å². The fraction of sp³-hybridized carbons (Fsp3) is 0.188. The summed E-state index contributed by atoms with van der Waals surface area (Å²) in [5, 5.41) is 2.91. The van der Waals surface area contributed by atoms with Crippen LogP contribution < -0.4 is 5.32 Å². The lowest BCUT2D eigenvalue weighted by atomic mass is 10.2. The average molecular weight is 299 g/mol. The quantitative estimate of drug-likeness (QED) is 0.855. The van der Waals surface area contributed by atoms with Gasteiger partial charge in [0.15, 0.2) is 0 Å². The number of benzene rings is 1. The van der Waals surface area contributed by atoms with Gasteiger partial charge in [0.25, 0.3) is 5.91 Å². The van der Waals surface area contributed by atoms with Crippen LogP contribution in [0.1, 0.15) is 25.7 Å². The highest BCUT2D eigenvalue weighted by Crippen LogP contribution is 2.32. The Morgan fingerprint density at radius 1 is 1.35 bits per heavy atom. The average Bonchev–Trinajstić information content (AvgIpc) is 2.91. The Hall–Kier alpha value is -1.70. The topological polar surface area (TPSA) is 29.1 Å². The number of terminal acetylenes is 1. The minimum absolute atomic E-state index is 0.0522. The molecule has 2 nitrogen and oxygen atoms in total. The van der Waals surface area contributed by atoms with Crippen LogP contribution in [-0.4, -0.2) is 11.7 Å². The van der Waals surface area contributed by atoms with Gasteiger partial charge in [-0.25, -0.2) is 0 Å². The third kappa shape index (κ3) is 2.74. The lowest BCUT2D eigenvalue weighted by Crippen LogP contribution is -2.10. The van der Waals surface area contributed by atoms with Crippen LogP contribution in [0.15, 0.2) is 30.3 Å². The third-order valence-electron chi connectivity index (χ3n) is 3.14. The molecule has 20 heavy (non-hydrogen) atoms. The summed E-state index contributed by atoms with van der Waals surface area (Å²) in [6.45, 7) is 0. The zero-order chi connectivity index (χ0) is 13.9. The van der Waals surface area contributed by atoms with Crippen molar-refractivity contribution in [2.75, 3.05) is 11.1 Å². The first kappa shape index (κ1) is 13.3. The lowest BCUT2D eigenvalue weighted by Gasteiger charge is -2.08. The molecule has 0 radical (unpaired) electrons. The molecule has 0 bridgehead atoms. The molecule has 3 rings (SSSR count). The number of amides is 1. The maximum absolute atomic E-state index is 12.3. The zero-order valence-corrected chi connectivity index (χ0v) is 12.4. The molecule has 0 aliphatic carbocycles. The number of nitrogens with one attached hydrogen (secondary N) is 1. The van der Waals surface area contributed by atoms with Gasteiger partial charge in [-0.3, -0.25) is 4.79 Å². The summed E-state index contributed by atoms with van der Waals surface area (Å²) >= 11 is 3.53. The number of carbonyl (C=O) groups excluding carboxylic acids is 1. The van der Waals surface area contributed by atoms with Crippen molar-refractivity contribution in [2.24, 2.45) is 0 Å². The van der Waals surface area contributed by atoms with Crippen molar-refractivity contribution in [3.63, 3.8) is 0 Å². The second kappa shape index (κ2) is 5.74. The fourth-order valence-corrected chi connectivity index (χ4v) is 4.41. The van der Waals surface area contributed by atoms with Crippen molar-refractivity contribution in [3.8, 4) is 12.3 Å². The van der Waals surface area contributed by atoms with Gasteiger partial charge in [0.05, 0.1) is 4.88 Å². The first-order chi connectivity index (χ1) is 9.76. The Morgan fingerprint density at radius 2 is 2.25 bits per heavy atom. The van der Waals surface area contributed by atoms with E-state index in [0.29, 0.717) is 0 Å². The molecule has 0 saturated carbocycles. The summed E-state index contributed by atoms with van der Waals surface area (Å²) in [4.78, 5) is 14.4. The van der Waals surface area contributed by atoms with Crippen LogP contribution in [0.4, 0.5) is 5.69 Å². The van der Waals surface area contributed by atoms with Crippen LogP contribution in [0.5, 0.6) is 0 Å². The normalized spacial score (nSPS) is 13.3. The SMILES string of the molecule is C#Cc1cccc(NC(=O)c2cc3c(s2)CCSC3)c1. The molecule has 1 aromatic carbocycles. The van der Waals surface area contributed by atoms with Crippen LogP contribution in [0, 0.1) is 12.3 Å². The molecular formula is C16H13NOS2. The first-order valence-corrected chi connectivity index (χ1v) is 8.31. The van der Waals surface area contributed by atoms with Crippen molar-refractivity contribution >= 4 is 34.7 Å². The highest BCUT2D eigenvalue weighted by atomic mass is 32.2. The minimum Gasteiger partial charge on any atom is -0.321 e. The van der Waals surface area contributed by atoms with Gasteiger partial charge in [0, 0.05) is 21.9 Å². The van der Waals surface area contributed by atoms with E-state index in [2.05, 4.69) is 11.2 Å². The summed E-state index contributed by atoms with van der Waals surface area (Å²) < 4.78 is 0. The molecular weight excluding hydrogens is 286 g/mol. The number of hydrogen-bond acceptors (Lipinski definition) is 3. The number of hydrogen-bond donors (Lipinski definition) is 1. The van der Waals surface area contributed by atoms with Crippen molar-refractivity contribution in [1.82, 2.24) is 0 Å². The predicted octanol–water partition coefficient (Wildman–Crippen LogP) is 3.77. The second-order valence-corrected chi connectivity index (χ2v) is 6.78. The predicted molar refractivity (Wildman–Crippen MR) is 86.5 cm³/mol. The van der Waals surface area contributed by atoms with Crippen molar-refractivity contribution < 1.29 is 4.79 Å². The van der Waals surface area contributed by atoms with E-state index in [9.17, 15) is 4.79 Å². The highest BCUT2D eigenvalue weighted by molar-refractivity contribution is 7.98. The molecule has 2 heterocycles. The van der Waals surface area contributed by atoms with E-state index in [1.54, 1.807) is 17.4 Å². The minimum atomic E-state index is -0.0522. The smallest absolute Gasteiger partial charge is 0.265 e. The molecule has 2 aromatic rings. The summed E-state index contributed by atoms with van der Waals surface area (Å²) in [5.74, 6) is 4.69. The molecule has 4 heteroatoms. The van der Waals surface area contributed by atoms with Crippen LogP contribution in [0.3, 0.4) is 0 Å². The zero-order valence-electron chi connectivity index (χ0n) is 10.8. The summed E-state index contributed by atoms with van der Waals surface area (Å²) in [6.07, 6.45) is 6.44. The van der Waals surface area contributed by atoms with Gasteiger partial charge in [0.1, 0.15) is 0 Å². The Kier molecular flexibility index (Phi) is 3.81. The van der Waals surface area contributed by atoms with Gasteiger partial charge >= 0.3 is 0 Å². The Balaban J connectivity index is 1.79. The Bertz CT molecular complexity index is 673. The largest absolute Gasteiger partial charge is 0.321 e. The molecule has 0 spiro atoms. The molecule has 0 fully saturated rings. The standard InChI is InChI=1S/C16H13NOS2/c1-2-11-4-3-5-13(8-11)17-16(18)15-9-12-10-19-7-6-14(12)20-15/h1,3-5,8-9H,6-7,10H2,(H,17,18). The molecule has 1 amide bonds. The van der Waals surface area contributed by atoms with E-state index < -0.39 is 0 Å². The van der Waals surface area contributed by atoms with Crippen LogP contribution in [0.25, 0.3) is 0 Å². The summed E-state index contributed by atoms with van der Waals surface area (Å²) in [7, 11) is 0. The van der Waals surface area contributed by atoms with Crippen LogP contribution in [0.2, 0.25) is 0 Å². The van der Waals surface area contributed by atoms with Gasteiger partial charge < -0.3 is 5.32 Å². The first-order valence-electron chi connectivity index (χ1n) is 6.33. The van der Waals surface area contributed by atoms with E-state index in [0.717, 1.165) is 34.1 Å². The number of thioether (sulfide) groups is 1. The van der Waals surface area contributed by atoms with E-state index in [1.165, 1.54) is 10.4 Å². The van der Waals surface area contributed by atoms with E-state index in [-0.39, 0.29) is 5.91 Å². The fourth-order valence-electron chi connectivity index (χ4n) is 2.14. The number of thiophene rings is 1. The molecule has 0 unspecified atom stereocenters. The number of aryl methyl sites for hydroxylation is 1. The van der Waals surface area contributed by atoms with Gasteiger partial charge in [-0.05, 0) is 42.0 Å².